The fraction of sp³-hybridized carbons (Fsp3) is 0.100. The molecule has 0 spiro atoms. The van der Waals surface area contributed by atoms with Crippen LogP contribution in [0.15, 0.2) is 60.7 Å². The summed E-state index contributed by atoms with van der Waals surface area (Å²) in [5, 5.41) is 2.05. The van der Waals surface area contributed by atoms with E-state index in [4.69, 9.17) is 21.1 Å². The molecule has 0 radical (unpaired) electrons. The van der Waals surface area contributed by atoms with Crippen molar-refractivity contribution in [1.82, 2.24) is 0 Å². The molecule has 126 valence electrons. The molecule has 0 N–H and O–H groups in total. The molecule has 0 saturated carbocycles. The number of benzene rings is 3. The maximum absolute atomic E-state index is 12.3. The lowest BCUT2D eigenvalue weighted by atomic mass is 10.0. The van der Waals surface area contributed by atoms with Crippen LogP contribution in [0.25, 0.3) is 10.8 Å². The van der Waals surface area contributed by atoms with Gasteiger partial charge < -0.3 is 9.47 Å². The van der Waals surface area contributed by atoms with Crippen molar-refractivity contribution < 1.29 is 19.1 Å². The third kappa shape index (κ3) is 3.64. The molecule has 3 rings (SSSR count). The molecule has 25 heavy (non-hydrogen) atoms. The summed E-state index contributed by atoms with van der Waals surface area (Å²) in [7, 11) is 1.49. The van der Waals surface area contributed by atoms with Crippen LogP contribution in [-0.4, -0.2) is 25.5 Å². The predicted molar refractivity (Wildman–Crippen MR) is 96.6 cm³/mol. The Morgan fingerprint density at radius 1 is 1.00 bits per heavy atom. The first-order chi connectivity index (χ1) is 12.1. The summed E-state index contributed by atoms with van der Waals surface area (Å²) < 4.78 is 10.2. The maximum Gasteiger partial charge on any atom is 0.339 e. The number of hydrogen-bond acceptors (Lipinski definition) is 4. The molecule has 4 nitrogen and oxygen atoms in total. The van der Waals surface area contributed by atoms with Crippen LogP contribution in [0.3, 0.4) is 0 Å². The largest absolute Gasteiger partial charge is 0.495 e. The quantitative estimate of drug-likeness (QED) is 0.498. The van der Waals surface area contributed by atoms with Gasteiger partial charge in [0, 0.05) is 5.56 Å². The number of carbonyl (C=O) groups is 2. The van der Waals surface area contributed by atoms with Gasteiger partial charge in [0.15, 0.2) is 12.4 Å². The summed E-state index contributed by atoms with van der Waals surface area (Å²) in [5.74, 6) is -0.395. The van der Waals surface area contributed by atoms with E-state index >= 15 is 0 Å². The highest BCUT2D eigenvalue weighted by atomic mass is 35.5. The monoisotopic (exact) mass is 354 g/mol. The average molecular weight is 355 g/mol. The number of Topliss-reactive ketones (excluding diaryl/α,β-unsaturated/α-hetero) is 1. The van der Waals surface area contributed by atoms with E-state index in [2.05, 4.69) is 0 Å². The number of ether oxygens (including phenoxy) is 2. The summed E-state index contributed by atoms with van der Waals surface area (Å²) >= 11 is 6.01. The van der Waals surface area contributed by atoms with Gasteiger partial charge in [0.25, 0.3) is 0 Å². The molecule has 0 aliphatic heterocycles. The molecule has 3 aromatic rings. The fourth-order valence-electron chi connectivity index (χ4n) is 2.54. The van der Waals surface area contributed by atoms with Crippen molar-refractivity contribution in [3.8, 4) is 5.75 Å². The molecule has 0 bridgehead atoms. The summed E-state index contributed by atoms with van der Waals surface area (Å²) in [6, 6.07) is 17.6. The Morgan fingerprint density at radius 2 is 1.76 bits per heavy atom. The highest BCUT2D eigenvalue weighted by Crippen LogP contribution is 2.25. The zero-order valence-electron chi connectivity index (χ0n) is 13.5. The zero-order valence-corrected chi connectivity index (χ0v) is 14.2. The molecule has 3 aromatic carbocycles. The Kier molecular flexibility index (Phi) is 5.00. The van der Waals surface area contributed by atoms with Crippen molar-refractivity contribution in [3.63, 3.8) is 0 Å². The number of methoxy groups -OCH3 is 1. The molecule has 0 heterocycles. The maximum atomic E-state index is 12.3. The summed E-state index contributed by atoms with van der Waals surface area (Å²) in [6.07, 6.45) is 0. The molecule has 0 atom stereocenters. The highest BCUT2D eigenvalue weighted by molar-refractivity contribution is 6.32. The van der Waals surface area contributed by atoms with Crippen LogP contribution < -0.4 is 4.74 Å². The third-order valence-corrected chi connectivity index (χ3v) is 4.11. The number of esters is 1. The first-order valence-electron chi connectivity index (χ1n) is 7.62. The van der Waals surface area contributed by atoms with E-state index in [-0.39, 0.29) is 12.4 Å². The number of halogens is 1. The van der Waals surface area contributed by atoms with Crippen LogP contribution in [0.1, 0.15) is 20.7 Å². The van der Waals surface area contributed by atoms with Crippen molar-refractivity contribution in [2.24, 2.45) is 0 Å². The van der Waals surface area contributed by atoms with Crippen LogP contribution in [0.5, 0.6) is 5.75 Å². The van der Waals surface area contributed by atoms with Gasteiger partial charge in [-0.15, -0.1) is 0 Å². The summed E-state index contributed by atoms with van der Waals surface area (Å²) in [6.45, 7) is -0.356. The van der Waals surface area contributed by atoms with Gasteiger partial charge in [0.1, 0.15) is 5.75 Å². The van der Waals surface area contributed by atoms with Gasteiger partial charge in [-0.1, -0.05) is 48.0 Å². The van der Waals surface area contributed by atoms with Crippen molar-refractivity contribution in [1.29, 1.82) is 0 Å². The number of fused-ring (bicyclic) bond motifs is 1. The predicted octanol–water partition coefficient (Wildman–Crippen LogP) is 4.54. The fourth-order valence-corrected chi connectivity index (χ4v) is 2.79. The van der Waals surface area contributed by atoms with Crippen molar-refractivity contribution in [3.05, 3.63) is 76.8 Å². The Hall–Kier alpha value is -2.85. The van der Waals surface area contributed by atoms with Crippen molar-refractivity contribution >= 4 is 34.1 Å². The van der Waals surface area contributed by atoms with Crippen molar-refractivity contribution in [2.45, 2.75) is 0 Å². The Bertz CT molecular complexity index is 944. The lowest BCUT2D eigenvalue weighted by Crippen LogP contribution is -2.14. The minimum absolute atomic E-state index is 0.328. The van der Waals surface area contributed by atoms with Gasteiger partial charge in [0.2, 0.25) is 0 Å². The van der Waals surface area contributed by atoms with E-state index in [1.54, 1.807) is 24.3 Å². The van der Waals surface area contributed by atoms with Crippen LogP contribution in [0, 0.1) is 0 Å². The molecule has 0 aliphatic rings. The molecule has 0 aliphatic carbocycles. The Balaban J connectivity index is 1.73. The topological polar surface area (TPSA) is 52.6 Å². The van der Waals surface area contributed by atoms with Crippen LogP contribution >= 0.6 is 11.6 Å². The van der Waals surface area contributed by atoms with E-state index in [1.807, 2.05) is 30.3 Å². The second kappa shape index (κ2) is 7.36. The van der Waals surface area contributed by atoms with E-state index in [9.17, 15) is 9.59 Å². The minimum atomic E-state index is -0.537. The third-order valence-electron chi connectivity index (χ3n) is 3.82. The summed E-state index contributed by atoms with van der Waals surface area (Å²) in [4.78, 5) is 24.6. The van der Waals surface area contributed by atoms with Gasteiger partial charge in [-0.2, -0.15) is 0 Å². The molecular formula is C20H15ClO4. The smallest absolute Gasteiger partial charge is 0.339 e. The Labute approximate surface area is 149 Å². The second-order valence-electron chi connectivity index (χ2n) is 5.38. The zero-order chi connectivity index (χ0) is 17.8. The highest BCUT2D eigenvalue weighted by Gasteiger charge is 2.15. The molecule has 0 amide bonds. The van der Waals surface area contributed by atoms with Crippen LogP contribution in [-0.2, 0) is 4.74 Å². The molecule has 0 aromatic heterocycles. The average Bonchev–Trinajstić information content (AvgIpc) is 2.65. The second-order valence-corrected chi connectivity index (χ2v) is 5.78. The van der Waals surface area contributed by atoms with E-state index in [1.165, 1.54) is 13.2 Å². The normalized spacial score (nSPS) is 10.5. The van der Waals surface area contributed by atoms with E-state index < -0.39 is 5.97 Å². The van der Waals surface area contributed by atoms with Gasteiger partial charge in [-0.05, 0) is 35.0 Å². The molecule has 0 saturated heterocycles. The molecule has 0 unspecified atom stereocenters. The number of rotatable bonds is 5. The van der Waals surface area contributed by atoms with Gasteiger partial charge >= 0.3 is 5.97 Å². The SMILES string of the molecule is COc1ccc(C(=O)COC(=O)c2cccc3ccccc23)cc1Cl. The number of carbonyl (C=O) groups excluding carboxylic acids is 2. The van der Waals surface area contributed by atoms with Gasteiger partial charge in [-0.25, -0.2) is 4.79 Å². The molecule has 5 heteroatoms. The van der Waals surface area contributed by atoms with Crippen LogP contribution in [0.4, 0.5) is 0 Å². The lowest BCUT2D eigenvalue weighted by molar-refractivity contribution is 0.0476. The lowest BCUT2D eigenvalue weighted by Gasteiger charge is -2.08. The van der Waals surface area contributed by atoms with Gasteiger partial charge in [-0.3, -0.25) is 4.79 Å². The summed E-state index contributed by atoms with van der Waals surface area (Å²) in [5.41, 5.74) is 0.787. The van der Waals surface area contributed by atoms with Gasteiger partial charge in [0.05, 0.1) is 17.7 Å². The van der Waals surface area contributed by atoms with E-state index in [0.717, 1.165) is 10.8 Å². The number of hydrogen-bond donors (Lipinski definition) is 0. The number of ketones is 1. The minimum Gasteiger partial charge on any atom is -0.495 e. The first kappa shape index (κ1) is 17.0. The standard InChI is InChI=1S/C20H15ClO4/c1-24-19-10-9-14(11-17(19)21)18(22)12-25-20(23)16-8-4-6-13-5-2-3-7-15(13)16/h2-11H,12H2,1H3. The van der Waals surface area contributed by atoms with Crippen molar-refractivity contribution in [2.75, 3.05) is 13.7 Å². The Morgan fingerprint density at radius 3 is 2.52 bits per heavy atom. The van der Waals surface area contributed by atoms with E-state index in [0.29, 0.717) is 21.9 Å². The molecule has 0 fully saturated rings. The van der Waals surface area contributed by atoms with Crippen LogP contribution in [0.2, 0.25) is 5.02 Å². The first-order valence-corrected chi connectivity index (χ1v) is 7.99. The molecular weight excluding hydrogens is 340 g/mol.